The number of tetrazole rings is 1. The predicted molar refractivity (Wildman–Crippen MR) is 83.3 cm³/mol. The number of aryl methyl sites for hydroxylation is 1. The van der Waals surface area contributed by atoms with Crippen molar-refractivity contribution in [3.63, 3.8) is 0 Å². The van der Waals surface area contributed by atoms with E-state index in [4.69, 9.17) is 4.42 Å². The normalized spacial score (nSPS) is 10.7. The molecular weight excluding hydrogens is 316 g/mol. The fourth-order valence-corrected chi connectivity index (χ4v) is 2.50. The standard InChI is InChI=1S/C14H14N6O2S/c1-20-14(17-18-19-20)23-9-13(21)16-8-10-4-5-11(15-7-10)12-3-2-6-22-12/h2-7H,8-9H2,1H3,(H,16,21). The van der Waals surface area contributed by atoms with Crippen molar-refractivity contribution in [3.8, 4) is 11.5 Å². The van der Waals surface area contributed by atoms with Gasteiger partial charge in [-0.25, -0.2) is 4.68 Å². The van der Waals surface area contributed by atoms with E-state index in [0.29, 0.717) is 17.5 Å². The van der Waals surface area contributed by atoms with Crippen LogP contribution >= 0.6 is 11.8 Å². The summed E-state index contributed by atoms with van der Waals surface area (Å²) in [5.41, 5.74) is 1.68. The van der Waals surface area contributed by atoms with Crippen LogP contribution in [-0.2, 0) is 18.4 Å². The molecule has 1 N–H and O–H groups in total. The molecule has 0 saturated heterocycles. The van der Waals surface area contributed by atoms with Gasteiger partial charge in [0.25, 0.3) is 0 Å². The summed E-state index contributed by atoms with van der Waals surface area (Å²) in [7, 11) is 1.73. The molecule has 0 aliphatic rings. The zero-order valence-electron chi connectivity index (χ0n) is 12.3. The SMILES string of the molecule is Cn1nnnc1SCC(=O)NCc1ccc(-c2ccco2)nc1. The lowest BCUT2D eigenvalue weighted by Crippen LogP contribution is -2.24. The smallest absolute Gasteiger partial charge is 0.230 e. The molecule has 1 amide bonds. The van der Waals surface area contributed by atoms with E-state index >= 15 is 0 Å². The molecule has 8 nitrogen and oxygen atoms in total. The Morgan fingerprint density at radius 1 is 1.39 bits per heavy atom. The van der Waals surface area contributed by atoms with E-state index in [0.717, 1.165) is 11.3 Å². The first-order chi connectivity index (χ1) is 11.2. The predicted octanol–water partition coefficient (Wildman–Crippen LogP) is 1.27. The molecule has 0 spiro atoms. The van der Waals surface area contributed by atoms with Crippen LogP contribution in [-0.4, -0.2) is 36.9 Å². The maximum absolute atomic E-state index is 11.8. The van der Waals surface area contributed by atoms with Gasteiger partial charge in [-0.3, -0.25) is 9.78 Å². The number of carbonyl (C=O) groups excluding carboxylic acids is 1. The van der Waals surface area contributed by atoms with Crippen molar-refractivity contribution in [2.45, 2.75) is 11.7 Å². The zero-order valence-corrected chi connectivity index (χ0v) is 13.2. The summed E-state index contributed by atoms with van der Waals surface area (Å²) in [4.78, 5) is 16.1. The van der Waals surface area contributed by atoms with Gasteiger partial charge in [0, 0.05) is 19.8 Å². The van der Waals surface area contributed by atoms with Crippen LogP contribution in [0.25, 0.3) is 11.5 Å². The van der Waals surface area contributed by atoms with Crippen LogP contribution in [0.2, 0.25) is 0 Å². The summed E-state index contributed by atoms with van der Waals surface area (Å²) in [6.45, 7) is 0.419. The molecule has 0 aromatic carbocycles. The van der Waals surface area contributed by atoms with Gasteiger partial charge in [0.15, 0.2) is 5.76 Å². The molecule has 3 aromatic heterocycles. The Balaban J connectivity index is 1.48. The lowest BCUT2D eigenvalue weighted by Gasteiger charge is -2.05. The molecule has 0 radical (unpaired) electrons. The van der Waals surface area contributed by atoms with Gasteiger partial charge in [-0.1, -0.05) is 17.8 Å². The van der Waals surface area contributed by atoms with E-state index in [1.165, 1.54) is 16.4 Å². The average molecular weight is 330 g/mol. The van der Waals surface area contributed by atoms with Gasteiger partial charge in [0.05, 0.1) is 12.0 Å². The van der Waals surface area contributed by atoms with Gasteiger partial charge in [-0.15, -0.1) is 5.10 Å². The summed E-state index contributed by atoms with van der Waals surface area (Å²) < 4.78 is 6.80. The fraction of sp³-hybridized carbons (Fsp3) is 0.214. The molecule has 3 rings (SSSR count). The van der Waals surface area contributed by atoms with Crippen molar-refractivity contribution < 1.29 is 9.21 Å². The van der Waals surface area contributed by atoms with Crippen LogP contribution in [0.15, 0.2) is 46.3 Å². The first kappa shape index (κ1) is 15.2. The number of nitrogens with one attached hydrogen (secondary N) is 1. The molecule has 0 aliphatic carbocycles. The van der Waals surface area contributed by atoms with Crippen LogP contribution in [0.4, 0.5) is 0 Å². The van der Waals surface area contributed by atoms with E-state index in [1.807, 2.05) is 24.3 Å². The minimum Gasteiger partial charge on any atom is -0.463 e. The Bertz CT molecular complexity index is 769. The van der Waals surface area contributed by atoms with E-state index in [1.54, 1.807) is 19.5 Å². The highest BCUT2D eigenvalue weighted by atomic mass is 32.2. The fourth-order valence-electron chi connectivity index (χ4n) is 1.82. The highest BCUT2D eigenvalue weighted by Gasteiger charge is 2.08. The lowest BCUT2D eigenvalue weighted by molar-refractivity contribution is -0.118. The van der Waals surface area contributed by atoms with Crippen LogP contribution < -0.4 is 5.32 Å². The summed E-state index contributed by atoms with van der Waals surface area (Å²) in [5.74, 6) is 0.883. The molecular formula is C14H14N6O2S. The molecule has 9 heteroatoms. The molecule has 3 aromatic rings. The largest absolute Gasteiger partial charge is 0.463 e. The number of hydrogen-bond acceptors (Lipinski definition) is 7. The van der Waals surface area contributed by atoms with Crippen LogP contribution in [0.1, 0.15) is 5.56 Å². The number of carbonyl (C=O) groups is 1. The minimum absolute atomic E-state index is 0.0897. The van der Waals surface area contributed by atoms with Crippen LogP contribution in [0.3, 0.4) is 0 Å². The summed E-state index contributed by atoms with van der Waals surface area (Å²) >= 11 is 1.28. The molecule has 0 bridgehead atoms. The van der Waals surface area contributed by atoms with Crippen molar-refractivity contribution in [3.05, 3.63) is 42.3 Å². The van der Waals surface area contributed by atoms with E-state index in [-0.39, 0.29) is 11.7 Å². The van der Waals surface area contributed by atoms with Crippen molar-refractivity contribution in [1.29, 1.82) is 0 Å². The monoisotopic (exact) mass is 330 g/mol. The van der Waals surface area contributed by atoms with Gasteiger partial charge >= 0.3 is 0 Å². The molecule has 3 heterocycles. The third kappa shape index (κ3) is 3.95. The van der Waals surface area contributed by atoms with Gasteiger partial charge in [0.1, 0.15) is 5.69 Å². The first-order valence-electron chi connectivity index (χ1n) is 6.83. The number of aromatic nitrogens is 5. The second kappa shape index (κ2) is 7.05. The van der Waals surface area contributed by atoms with Crippen molar-refractivity contribution >= 4 is 17.7 Å². The van der Waals surface area contributed by atoms with Crippen LogP contribution in [0.5, 0.6) is 0 Å². The summed E-state index contributed by atoms with van der Waals surface area (Å²) in [5, 5.41) is 14.5. The molecule has 23 heavy (non-hydrogen) atoms. The number of hydrogen-bond donors (Lipinski definition) is 1. The Hall–Kier alpha value is -2.68. The second-order valence-electron chi connectivity index (χ2n) is 4.68. The quantitative estimate of drug-likeness (QED) is 0.680. The third-order valence-electron chi connectivity index (χ3n) is 3.00. The molecule has 0 fully saturated rings. The molecule has 118 valence electrons. The van der Waals surface area contributed by atoms with Gasteiger partial charge in [-0.05, 0) is 34.2 Å². The minimum atomic E-state index is -0.0897. The van der Waals surface area contributed by atoms with Gasteiger partial charge in [-0.2, -0.15) is 0 Å². The molecule has 0 atom stereocenters. The van der Waals surface area contributed by atoms with Crippen LogP contribution in [0, 0.1) is 0 Å². The molecule has 0 aliphatic heterocycles. The number of thioether (sulfide) groups is 1. The maximum Gasteiger partial charge on any atom is 0.230 e. The van der Waals surface area contributed by atoms with E-state index in [9.17, 15) is 4.79 Å². The van der Waals surface area contributed by atoms with Crippen molar-refractivity contribution in [2.24, 2.45) is 7.05 Å². The van der Waals surface area contributed by atoms with Gasteiger partial charge in [0.2, 0.25) is 11.1 Å². The highest BCUT2D eigenvalue weighted by molar-refractivity contribution is 7.99. The number of rotatable bonds is 6. The Morgan fingerprint density at radius 3 is 2.96 bits per heavy atom. The number of amides is 1. The second-order valence-corrected chi connectivity index (χ2v) is 5.62. The number of furan rings is 1. The Morgan fingerprint density at radius 2 is 2.30 bits per heavy atom. The zero-order chi connectivity index (χ0) is 16.1. The lowest BCUT2D eigenvalue weighted by atomic mass is 10.2. The van der Waals surface area contributed by atoms with E-state index in [2.05, 4.69) is 25.8 Å². The van der Waals surface area contributed by atoms with Crippen molar-refractivity contribution in [1.82, 2.24) is 30.5 Å². The summed E-state index contributed by atoms with van der Waals surface area (Å²) in [6.07, 6.45) is 3.33. The van der Waals surface area contributed by atoms with Gasteiger partial charge < -0.3 is 9.73 Å². The number of nitrogens with zero attached hydrogens (tertiary/aromatic N) is 5. The van der Waals surface area contributed by atoms with E-state index < -0.39 is 0 Å². The molecule has 0 saturated carbocycles. The van der Waals surface area contributed by atoms with Crippen molar-refractivity contribution in [2.75, 3.05) is 5.75 Å². The average Bonchev–Trinajstić information content (AvgIpc) is 3.23. The highest BCUT2D eigenvalue weighted by Crippen LogP contribution is 2.17. The third-order valence-corrected chi connectivity index (χ3v) is 4.01. The number of pyridine rings is 1. The maximum atomic E-state index is 11.8. The Labute approximate surface area is 136 Å². The molecule has 0 unspecified atom stereocenters. The first-order valence-corrected chi connectivity index (χ1v) is 7.81. The topological polar surface area (TPSA) is 98.7 Å². The summed E-state index contributed by atoms with van der Waals surface area (Å²) in [6, 6.07) is 7.43. The Kier molecular flexibility index (Phi) is 4.67.